The molecule has 4 heteroatoms. The Morgan fingerprint density at radius 1 is 0.500 bits per heavy atom. The Bertz CT molecular complexity index is 702. The third-order valence-electron chi connectivity index (χ3n) is 8.45. The van der Waals surface area contributed by atoms with E-state index in [-0.39, 0.29) is 24.8 Å². The maximum absolute atomic E-state index is 2.74. The Kier molecular flexibility index (Phi) is 15.8. The van der Waals surface area contributed by atoms with Gasteiger partial charge in [-0.1, -0.05) is 73.5 Å². The van der Waals surface area contributed by atoms with Crippen LogP contribution in [0.25, 0.3) is 0 Å². The molecule has 2 saturated heterocycles. The number of benzene rings is 2. The highest BCUT2D eigenvalue weighted by molar-refractivity contribution is 5.85. The molecule has 0 spiro atoms. The van der Waals surface area contributed by atoms with Crippen molar-refractivity contribution in [2.24, 2.45) is 11.8 Å². The predicted octanol–water partition coefficient (Wildman–Crippen LogP) is 8.08. The quantitative estimate of drug-likeness (QED) is 0.240. The van der Waals surface area contributed by atoms with Crippen LogP contribution in [-0.4, -0.2) is 49.1 Å². The molecular formula is C32H50Cl2N2. The zero-order chi connectivity index (χ0) is 23.3. The second-order valence-corrected chi connectivity index (χ2v) is 11.0. The number of likely N-dealkylation sites (tertiary alicyclic amines) is 2. The van der Waals surface area contributed by atoms with Crippen LogP contribution in [0.2, 0.25) is 0 Å². The monoisotopic (exact) mass is 532 g/mol. The Morgan fingerprint density at radius 3 is 1.22 bits per heavy atom. The van der Waals surface area contributed by atoms with Gasteiger partial charge >= 0.3 is 0 Å². The van der Waals surface area contributed by atoms with E-state index in [1.165, 1.54) is 127 Å². The van der Waals surface area contributed by atoms with Gasteiger partial charge in [0.1, 0.15) is 0 Å². The van der Waals surface area contributed by atoms with E-state index >= 15 is 0 Å². The molecule has 2 aliphatic rings. The summed E-state index contributed by atoms with van der Waals surface area (Å²) in [6, 6.07) is 22.0. The van der Waals surface area contributed by atoms with Crippen molar-refractivity contribution in [3.05, 3.63) is 71.8 Å². The number of hydrogen-bond donors (Lipinski definition) is 0. The Labute approximate surface area is 234 Å². The van der Waals surface area contributed by atoms with E-state index in [4.69, 9.17) is 0 Å². The smallest absolute Gasteiger partial charge is 0.00161 e. The largest absolute Gasteiger partial charge is 0.303 e. The molecule has 36 heavy (non-hydrogen) atoms. The lowest BCUT2D eigenvalue weighted by Crippen LogP contribution is -2.36. The van der Waals surface area contributed by atoms with Crippen LogP contribution < -0.4 is 0 Å². The third kappa shape index (κ3) is 11.5. The molecule has 2 fully saturated rings. The van der Waals surface area contributed by atoms with Crippen LogP contribution in [-0.2, 0) is 12.8 Å². The van der Waals surface area contributed by atoms with Gasteiger partial charge in [0, 0.05) is 0 Å². The summed E-state index contributed by atoms with van der Waals surface area (Å²) < 4.78 is 0. The lowest BCUT2D eigenvalue weighted by atomic mass is 9.90. The van der Waals surface area contributed by atoms with Gasteiger partial charge in [-0.05, 0) is 126 Å². The molecule has 2 heterocycles. The average molecular weight is 534 g/mol. The van der Waals surface area contributed by atoms with Crippen molar-refractivity contribution in [2.45, 2.75) is 77.0 Å². The van der Waals surface area contributed by atoms with E-state index in [0.29, 0.717) is 0 Å². The van der Waals surface area contributed by atoms with Crippen molar-refractivity contribution in [3.63, 3.8) is 0 Å². The molecule has 0 aliphatic carbocycles. The van der Waals surface area contributed by atoms with E-state index in [1.807, 2.05) is 0 Å². The van der Waals surface area contributed by atoms with Crippen molar-refractivity contribution in [2.75, 3.05) is 39.3 Å². The van der Waals surface area contributed by atoms with E-state index in [2.05, 4.69) is 70.5 Å². The number of unbranched alkanes of at least 4 members (excludes halogenated alkanes) is 1. The fourth-order valence-corrected chi connectivity index (χ4v) is 6.15. The number of nitrogens with zero attached hydrogens (tertiary/aromatic N) is 2. The van der Waals surface area contributed by atoms with Gasteiger partial charge in [-0.3, -0.25) is 0 Å². The summed E-state index contributed by atoms with van der Waals surface area (Å²) in [6.45, 7) is 8.00. The molecule has 0 bridgehead atoms. The second kappa shape index (κ2) is 18.2. The van der Waals surface area contributed by atoms with Crippen molar-refractivity contribution in [3.8, 4) is 0 Å². The van der Waals surface area contributed by atoms with Crippen LogP contribution >= 0.6 is 24.8 Å². The fourth-order valence-electron chi connectivity index (χ4n) is 6.15. The topological polar surface area (TPSA) is 6.48 Å². The van der Waals surface area contributed by atoms with Crippen molar-refractivity contribution < 1.29 is 0 Å². The summed E-state index contributed by atoms with van der Waals surface area (Å²) in [6.07, 6.45) is 16.5. The summed E-state index contributed by atoms with van der Waals surface area (Å²) in [5.74, 6) is 1.93. The number of rotatable bonds is 13. The molecule has 0 radical (unpaired) electrons. The lowest BCUT2D eigenvalue weighted by Gasteiger charge is -2.33. The molecule has 0 unspecified atom stereocenters. The minimum Gasteiger partial charge on any atom is -0.303 e. The summed E-state index contributed by atoms with van der Waals surface area (Å²) in [4.78, 5) is 5.49. The first-order valence-electron chi connectivity index (χ1n) is 14.4. The maximum Gasteiger partial charge on any atom is -0.00161 e. The highest BCUT2D eigenvalue weighted by Crippen LogP contribution is 2.24. The SMILES string of the molecule is Cl.Cl.c1ccc(CCCC2CCN(CCCCN3CCC(CCCc4ccccc4)CC3)CC2)cc1. The van der Waals surface area contributed by atoms with Crippen LogP contribution in [0.4, 0.5) is 0 Å². The summed E-state index contributed by atoms with van der Waals surface area (Å²) in [7, 11) is 0. The van der Waals surface area contributed by atoms with Crippen molar-refractivity contribution >= 4 is 24.8 Å². The van der Waals surface area contributed by atoms with Crippen LogP contribution in [0.15, 0.2) is 60.7 Å². The molecule has 0 atom stereocenters. The van der Waals surface area contributed by atoms with Crippen LogP contribution in [0.3, 0.4) is 0 Å². The van der Waals surface area contributed by atoms with Crippen LogP contribution in [0.5, 0.6) is 0 Å². The normalized spacial score (nSPS) is 17.9. The van der Waals surface area contributed by atoms with Crippen molar-refractivity contribution in [1.82, 2.24) is 9.80 Å². The molecule has 4 rings (SSSR count). The lowest BCUT2D eigenvalue weighted by molar-refractivity contribution is 0.158. The van der Waals surface area contributed by atoms with Gasteiger partial charge in [0.25, 0.3) is 0 Å². The first-order valence-corrected chi connectivity index (χ1v) is 14.4. The molecule has 0 amide bonds. The minimum absolute atomic E-state index is 0. The van der Waals surface area contributed by atoms with Gasteiger partial charge in [-0.2, -0.15) is 0 Å². The Hall–Kier alpha value is -1.06. The Morgan fingerprint density at radius 2 is 0.861 bits per heavy atom. The molecule has 0 saturated carbocycles. The van der Waals surface area contributed by atoms with E-state index < -0.39 is 0 Å². The van der Waals surface area contributed by atoms with Gasteiger partial charge < -0.3 is 9.80 Å². The van der Waals surface area contributed by atoms with E-state index in [1.54, 1.807) is 0 Å². The zero-order valence-corrected chi connectivity index (χ0v) is 24.0. The first kappa shape index (κ1) is 31.2. The third-order valence-corrected chi connectivity index (χ3v) is 8.45. The van der Waals surface area contributed by atoms with Gasteiger partial charge in [-0.25, -0.2) is 0 Å². The standard InChI is InChI=1S/C32H48N2.2ClH/c1-3-11-29(12-4-1)15-9-17-31-19-25-33(26-20-31)23-7-8-24-34-27-21-32(22-28-34)18-10-16-30-13-5-2-6-14-30;;/h1-6,11-14,31-32H,7-10,15-28H2;2*1H. The minimum atomic E-state index is 0. The van der Waals surface area contributed by atoms with Crippen LogP contribution in [0, 0.1) is 11.8 Å². The molecule has 0 aromatic heterocycles. The van der Waals surface area contributed by atoms with Gasteiger partial charge in [-0.15, -0.1) is 24.8 Å². The highest BCUT2D eigenvalue weighted by Gasteiger charge is 2.20. The zero-order valence-electron chi connectivity index (χ0n) is 22.4. The highest BCUT2D eigenvalue weighted by atomic mass is 35.5. The number of piperidine rings is 2. The Balaban J connectivity index is 0.00000228. The summed E-state index contributed by atoms with van der Waals surface area (Å²) in [5.41, 5.74) is 3.01. The number of halogens is 2. The van der Waals surface area contributed by atoms with E-state index in [9.17, 15) is 0 Å². The summed E-state index contributed by atoms with van der Waals surface area (Å²) in [5, 5.41) is 0. The molecule has 2 aromatic rings. The maximum atomic E-state index is 2.74. The van der Waals surface area contributed by atoms with E-state index in [0.717, 1.165) is 11.8 Å². The number of aryl methyl sites for hydroxylation is 2. The van der Waals surface area contributed by atoms with Crippen LogP contribution in [0.1, 0.15) is 75.3 Å². The second-order valence-electron chi connectivity index (χ2n) is 11.0. The molecule has 0 N–H and O–H groups in total. The molecule has 2 nitrogen and oxygen atoms in total. The fraction of sp³-hybridized carbons (Fsp3) is 0.625. The average Bonchev–Trinajstić information content (AvgIpc) is 2.90. The summed E-state index contributed by atoms with van der Waals surface area (Å²) >= 11 is 0. The number of hydrogen-bond acceptors (Lipinski definition) is 2. The van der Waals surface area contributed by atoms with Gasteiger partial charge in [0.15, 0.2) is 0 Å². The molecule has 2 aliphatic heterocycles. The van der Waals surface area contributed by atoms with Crippen molar-refractivity contribution in [1.29, 1.82) is 0 Å². The van der Waals surface area contributed by atoms with Gasteiger partial charge in [0.2, 0.25) is 0 Å². The molecular weight excluding hydrogens is 483 g/mol. The molecule has 2 aromatic carbocycles. The predicted molar refractivity (Wildman–Crippen MR) is 161 cm³/mol. The van der Waals surface area contributed by atoms with Gasteiger partial charge in [0.05, 0.1) is 0 Å². The first-order chi connectivity index (χ1) is 16.8. The molecule has 202 valence electrons.